The summed E-state index contributed by atoms with van der Waals surface area (Å²) in [5.74, 6) is -0.875. The average molecular weight is 403 g/mol. The van der Waals surface area contributed by atoms with Gasteiger partial charge in [-0.3, -0.25) is 19.3 Å². The minimum Gasteiger partial charge on any atom is -0.497 e. The van der Waals surface area contributed by atoms with E-state index in [4.69, 9.17) is 9.47 Å². The zero-order valence-electron chi connectivity index (χ0n) is 16.4. The Labute approximate surface area is 168 Å². The highest BCUT2D eigenvalue weighted by Crippen LogP contribution is 2.34. The van der Waals surface area contributed by atoms with Crippen LogP contribution in [0.3, 0.4) is 0 Å². The van der Waals surface area contributed by atoms with Crippen LogP contribution in [0.15, 0.2) is 24.3 Å². The van der Waals surface area contributed by atoms with E-state index >= 15 is 0 Å². The first-order valence-electron chi connectivity index (χ1n) is 9.63. The molecule has 29 heavy (non-hydrogen) atoms. The van der Waals surface area contributed by atoms with Crippen molar-refractivity contribution in [2.24, 2.45) is 0 Å². The SMILES string of the molecule is COc1ccc(CCNC(=O)COC(=O)CN2C(=O)NC3(CCCC3)C2=O)cc1. The lowest BCUT2D eigenvalue weighted by molar-refractivity contribution is -0.151. The molecule has 1 aliphatic carbocycles. The maximum Gasteiger partial charge on any atom is 0.326 e. The van der Waals surface area contributed by atoms with Crippen LogP contribution in [-0.2, 0) is 25.5 Å². The van der Waals surface area contributed by atoms with Crippen molar-refractivity contribution in [2.45, 2.75) is 37.6 Å². The Balaban J connectivity index is 1.37. The van der Waals surface area contributed by atoms with Crippen molar-refractivity contribution in [2.75, 3.05) is 26.8 Å². The van der Waals surface area contributed by atoms with Crippen molar-refractivity contribution < 1.29 is 28.7 Å². The van der Waals surface area contributed by atoms with Crippen molar-refractivity contribution >= 4 is 23.8 Å². The largest absolute Gasteiger partial charge is 0.497 e. The molecule has 1 spiro atoms. The molecule has 1 aromatic rings. The number of hydrogen-bond acceptors (Lipinski definition) is 6. The molecule has 9 nitrogen and oxygen atoms in total. The van der Waals surface area contributed by atoms with Crippen LogP contribution in [0.2, 0.25) is 0 Å². The molecule has 1 heterocycles. The van der Waals surface area contributed by atoms with Crippen LogP contribution < -0.4 is 15.4 Å². The van der Waals surface area contributed by atoms with Gasteiger partial charge in [-0.25, -0.2) is 4.79 Å². The van der Waals surface area contributed by atoms with Crippen molar-refractivity contribution in [3.8, 4) is 5.75 Å². The number of benzene rings is 1. The van der Waals surface area contributed by atoms with Gasteiger partial charge in [-0.15, -0.1) is 0 Å². The molecule has 2 N–H and O–H groups in total. The molecule has 0 radical (unpaired) electrons. The van der Waals surface area contributed by atoms with Gasteiger partial charge in [0.1, 0.15) is 17.8 Å². The number of imide groups is 1. The van der Waals surface area contributed by atoms with Gasteiger partial charge < -0.3 is 20.1 Å². The fourth-order valence-corrected chi connectivity index (χ4v) is 3.65. The van der Waals surface area contributed by atoms with Gasteiger partial charge in [0.15, 0.2) is 6.61 Å². The molecule has 156 valence electrons. The van der Waals surface area contributed by atoms with Crippen LogP contribution in [0, 0.1) is 0 Å². The van der Waals surface area contributed by atoms with Crippen molar-refractivity contribution in [1.29, 1.82) is 0 Å². The predicted molar refractivity (Wildman–Crippen MR) is 102 cm³/mol. The Kier molecular flexibility index (Phi) is 6.36. The molecule has 1 saturated carbocycles. The predicted octanol–water partition coefficient (Wildman–Crippen LogP) is 0.762. The summed E-state index contributed by atoms with van der Waals surface area (Å²) in [4.78, 5) is 49.2. The quantitative estimate of drug-likeness (QED) is 0.489. The molecular formula is C20H25N3O6. The number of rotatable bonds is 8. The third-order valence-corrected chi connectivity index (χ3v) is 5.25. The minimum absolute atomic E-state index is 0.387. The maximum atomic E-state index is 12.5. The molecule has 9 heteroatoms. The fourth-order valence-electron chi connectivity index (χ4n) is 3.65. The highest BCUT2D eigenvalue weighted by molar-refractivity contribution is 6.08. The molecular weight excluding hydrogens is 378 g/mol. The first-order valence-corrected chi connectivity index (χ1v) is 9.63. The normalized spacial score (nSPS) is 17.3. The van der Waals surface area contributed by atoms with Crippen LogP contribution in [0.1, 0.15) is 31.2 Å². The lowest BCUT2D eigenvalue weighted by Gasteiger charge is -2.19. The summed E-state index contributed by atoms with van der Waals surface area (Å²) < 4.78 is 9.99. The summed E-state index contributed by atoms with van der Waals surface area (Å²) in [6, 6.07) is 6.90. The summed E-state index contributed by atoms with van der Waals surface area (Å²) in [5.41, 5.74) is 0.165. The number of amides is 4. The van der Waals surface area contributed by atoms with Crippen LogP contribution in [0.5, 0.6) is 5.75 Å². The number of carbonyl (C=O) groups excluding carboxylic acids is 4. The second-order valence-corrected chi connectivity index (χ2v) is 7.22. The smallest absolute Gasteiger partial charge is 0.326 e. The topological polar surface area (TPSA) is 114 Å². The van der Waals surface area contributed by atoms with Crippen LogP contribution in [0.4, 0.5) is 4.79 Å². The van der Waals surface area contributed by atoms with Crippen LogP contribution in [-0.4, -0.2) is 61.1 Å². The second kappa shape index (κ2) is 8.93. The van der Waals surface area contributed by atoms with Gasteiger partial charge in [0.2, 0.25) is 0 Å². The zero-order chi connectivity index (χ0) is 20.9. The lowest BCUT2D eigenvalue weighted by atomic mass is 9.98. The minimum atomic E-state index is -0.865. The standard InChI is InChI=1S/C20H25N3O6/c1-28-15-6-4-14(5-7-15)8-11-21-16(24)13-29-17(25)12-23-18(26)20(22-19(23)27)9-2-3-10-20/h4-7H,2-3,8-13H2,1H3,(H,21,24)(H,22,27). The number of methoxy groups -OCH3 is 1. The Bertz CT molecular complexity index is 786. The molecule has 2 fully saturated rings. The molecule has 0 bridgehead atoms. The first-order chi connectivity index (χ1) is 13.9. The summed E-state index contributed by atoms with van der Waals surface area (Å²) in [7, 11) is 1.59. The molecule has 2 aliphatic rings. The summed E-state index contributed by atoms with van der Waals surface area (Å²) in [6.07, 6.45) is 3.51. The third kappa shape index (κ3) is 4.85. The molecule has 3 rings (SSSR count). The fraction of sp³-hybridized carbons (Fsp3) is 0.500. The van der Waals surface area contributed by atoms with E-state index in [2.05, 4.69) is 10.6 Å². The Morgan fingerprint density at radius 3 is 2.52 bits per heavy atom. The van der Waals surface area contributed by atoms with Gasteiger partial charge >= 0.3 is 12.0 Å². The monoisotopic (exact) mass is 403 g/mol. The van der Waals surface area contributed by atoms with E-state index in [1.54, 1.807) is 7.11 Å². The third-order valence-electron chi connectivity index (χ3n) is 5.25. The Hall–Kier alpha value is -3.10. The molecule has 4 amide bonds. The number of nitrogens with zero attached hydrogens (tertiary/aromatic N) is 1. The van der Waals surface area contributed by atoms with Gasteiger partial charge in [-0.1, -0.05) is 25.0 Å². The maximum absolute atomic E-state index is 12.5. The zero-order valence-corrected chi connectivity index (χ0v) is 16.4. The van der Waals surface area contributed by atoms with Gasteiger partial charge in [0.25, 0.3) is 11.8 Å². The van der Waals surface area contributed by atoms with Crippen molar-refractivity contribution in [3.05, 3.63) is 29.8 Å². The summed E-state index contributed by atoms with van der Waals surface area (Å²) in [5, 5.41) is 5.35. The number of nitrogens with one attached hydrogen (secondary N) is 2. The Morgan fingerprint density at radius 1 is 1.17 bits per heavy atom. The van der Waals surface area contributed by atoms with E-state index in [1.807, 2.05) is 24.3 Å². The summed E-state index contributed by atoms with van der Waals surface area (Å²) in [6.45, 7) is -0.569. The van der Waals surface area contributed by atoms with Crippen molar-refractivity contribution in [1.82, 2.24) is 15.5 Å². The first kappa shape index (κ1) is 20.6. The number of carbonyl (C=O) groups is 4. The van der Waals surface area contributed by atoms with E-state index in [0.717, 1.165) is 29.1 Å². The number of hydrogen-bond donors (Lipinski definition) is 2. The second-order valence-electron chi connectivity index (χ2n) is 7.22. The number of urea groups is 1. The van der Waals surface area contributed by atoms with E-state index < -0.39 is 36.6 Å². The van der Waals surface area contributed by atoms with Gasteiger partial charge in [-0.05, 0) is 37.0 Å². The molecule has 0 aromatic heterocycles. The van der Waals surface area contributed by atoms with Crippen LogP contribution in [0.25, 0.3) is 0 Å². The highest BCUT2D eigenvalue weighted by Gasteiger charge is 2.52. The number of esters is 1. The molecule has 1 aliphatic heterocycles. The van der Waals surface area contributed by atoms with E-state index in [9.17, 15) is 19.2 Å². The van der Waals surface area contributed by atoms with Gasteiger partial charge in [0.05, 0.1) is 7.11 Å². The van der Waals surface area contributed by atoms with E-state index in [0.29, 0.717) is 25.8 Å². The van der Waals surface area contributed by atoms with Gasteiger partial charge in [-0.2, -0.15) is 0 Å². The number of ether oxygens (including phenoxy) is 2. The van der Waals surface area contributed by atoms with E-state index in [-0.39, 0.29) is 5.91 Å². The molecule has 1 aromatic carbocycles. The molecule has 1 saturated heterocycles. The van der Waals surface area contributed by atoms with Gasteiger partial charge in [0, 0.05) is 6.54 Å². The average Bonchev–Trinajstić information content (AvgIpc) is 3.27. The van der Waals surface area contributed by atoms with E-state index in [1.165, 1.54) is 0 Å². The summed E-state index contributed by atoms with van der Waals surface area (Å²) >= 11 is 0. The highest BCUT2D eigenvalue weighted by atomic mass is 16.5. The van der Waals surface area contributed by atoms with Crippen LogP contribution >= 0.6 is 0 Å². The van der Waals surface area contributed by atoms with Crippen molar-refractivity contribution in [3.63, 3.8) is 0 Å². The molecule has 0 unspecified atom stereocenters. The Morgan fingerprint density at radius 2 is 1.86 bits per heavy atom. The lowest BCUT2D eigenvalue weighted by Crippen LogP contribution is -2.44. The molecule has 0 atom stereocenters.